The number of phenols is 2. The van der Waals surface area contributed by atoms with Gasteiger partial charge in [-0.25, -0.2) is 0 Å². The molecule has 0 spiro atoms. The van der Waals surface area contributed by atoms with E-state index < -0.39 is 10.4 Å². The molecule has 6 aromatic carbocycles. The van der Waals surface area contributed by atoms with Crippen molar-refractivity contribution < 1.29 is 27.7 Å². The van der Waals surface area contributed by atoms with Crippen LogP contribution in [0.25, 0.3) is 48.6 Å². The lowest BCUT2D eigenvalue weighted by Gasteiger charge is -2.08. The van der Waals surface area contributed by atoms with Gasteiger partial charge in [-0.15, -0.1) is 0 Å². The molecule has 8 N–H and O–H groups in total. The van der Waals surface area contributed by atoms with Crippen molar-refractivity contribution in [3.63, 3.8) is 0 Å². The second kappa shape index (κ2) is 19.7. The van der Waals surface area contributed by atoms with Crippen LogP contribution in [-0.2, 0) is 10.4 Å². The number of hydrogen-bond acceptors (Lipinski definition) is 6. The summed E-state index contributed by atoms with van der Waals surface area (Å²) in [5.41, 5.74) is 20.9. The number of hydrogen-bond donors (Lipinski definition) is 6. The van der Waals surface area contributed by atoms with E-state index in [4.69, 9.17) is 29.0 Å². The van der Waals surface area contributed by atoms with Crippen molar-refractivity contribution in [3.05, 3.63) is 190 Å². The molecule has 0 aliphatic carbocycles. The summed E-state index contributed by atoms with van der Waals surface area (Å²) >= 11 is 0. The Hall–Kier alpha value is -6.65. The highest BCUT2D eigenvalue weighted by atomic mass is 32.3. The Labute approximate surface area is 310 Å². The van der Waals surface area contributed by atoms with Gasteiger partial charge in [-0.3, -0.25) is 9.11 Å². The highest BCUT2D eigenvalue weighted by Crippen LogP contribution is 2.31. The quantitative estimate of drug-likeness (QED) is 0.0390. The van der Waals surface area contributed by atoms with Crippen LogP contribution in [0.2, 0.25) is 0 Å². The third-order valence-electron chi connectivity index (χ3n) is 7.56. The maximum atomic E-state index is 10.3. The summed E-state index contributed by atoms with van der Waals surface area (Å²) in [5, 5.41) is 20.5. The molecule has 0 bridgehead atoms. The van der Waals surface area contributed by atoms with Crippen LogP contribution in [-0.4, -0.2) is 27.7 Å². The highest BCUT2D eigenvalue weighted by molar-refractivity contribution is 7.79. The molecule has 9 heteroatoms. The summed E-state index contributed by atoms with van der Waals surface area (Å²) in [4.78, 5) is 0. The van der Waals surface area contributed by atoms with Crippen LogP contribution in [0, 0.1) is 0 Å². The molecule has 0 aliphatic rings. The van der Waals surface area contributed by atoms with Crippen molar-refractivity contribution in [2.24, 2.45) is 0 Å². The second-order valence-corrected chi connectivity index (χ2v) is 12.3. The molecule has 0 heterocycles. The number of rotatable bonds is 8. The van der Waals surface area contributed by atoms with Crippen molar-refractivity contribution in [2.75, 3.05) is 11.5 Å². The van der Waals surface area contributed by atoms with E-state index in [0.29, 0.717) is 22.5 Å². The van der Waals surface area contributed by atoms with Crippen molar-refractivity contribution in [2.45, 2.75) is 0 Å². The molecule has 6 aromatic rings. The Morgan fingerprint density at radius 3 is 0.830 bits per heavy atom. The number of phenolic OH excluding ortho intramolecular Hbond substituents is 2. The molecule has 6 rings (SSSR count). The Morgan fingerprint density at radius 1 is 0.358 bits per heavy atom. The molecule has 0 fully saturated rings. The van der Waals surface area contributed by atoms with Crippen LogP contribution >= 0.6 is 0 Å². The average molecular weight is 725 g/mol. The van der Waals surface area contributed by atoms with Crippen LogP contribution in [0.1, 0.15) is 44.5 Å². The van der Waals surface area contributed by atoms with Crippen molar-refractivity contribution in [3.8, 4) is 11.5 Å². The Kier molecular flexibility index (Phi) is 14.5. The van der Waals surface area contributed by atoms with Crippen LogP contribution in [0.5, 0.6) is 11.5 Å². The molecule has 0 aromatic heterocycles. The van der Waals surface area contributed by atoms with Crippen molar-refractivity contribution in [1.82, 2.24) is 0 Å². The zero-order valence-electron chi connectivity index (χ0n) is 28.6. The van der Waals surface area contributed by atoms with Gasteiger partial charge in [0.2, 0.25) is 0 Å². The number of benzene rings is 6. The monoisotopic (exact) mass is 724 g/mol. The van der Waals surface area contributed by atoms with Gasteiger partial charge in [0.1, 0.15) is 11.5 Å². The first-order valence-electron chi connectivity index (χ1n) is 16.3. The number of nitrogens with two attached hydrogens (primary N) is 2. The normalized spacial score (nSPS) is 11.4. The van der Waals surface area contributed by atoms with E-state index in [9.17, 15) is 10.2 Å². The fraction of sp³-hybridized carbons (Fsp3) is 0. The van der Waals surface area contributed by atoms with Crippen LogP contribution in [0.15, 0.2) is 146 Å². The predicted molar refractivity (Wildman–Crippen MR) is 221 cm³/mol. The van der Waals surface area contributed by atoms with Gasteiger partial charge in [-0.05, 0) is 58.7 Å². The molecule has 0 amide bonds. The Bertz CT molecular complexity index is 1980. The van der Waals surface area contributed by atoms with Gasteiger partial charge in [0.25, 0.3) is 0 Å². The van der Waals surface area contributed by atoms with E-state index in [1.807, 2.05) is 170 Å². The Balaban J connectivity index is 0.000000210. The minimum atomic E-state index is -4.67. The summed E-state index contributed by atoms with van der Waals surface area (Å²) in [6, 6.07) is 46.6. The molecule has 0 radical (unpaired) electrons. The van der Waals surface area contributed by atoms with Gasteiger partial charge >= 0.3 is 10.4 Å². The SMILES string of the molecule is Nc1ccc(O)c(C=Cc2ccccc2)c1C=Cc1ccccc1.Nc1ccc(O)c(C=Cc2ccccc2)c1C=Cc1ccccc1.O=S(=O)(O)O. The third kappa shape index (κ3) is 13.5. The first-order chi connectivity index (χ1) is 25.5. The summed E-state index contributed by atoms with van der Waals surface area (Å²) in [6.45, 7) is 0. The Morgan fingerprint density at radius 2 is 0.585 bits per heavy atom. The molecule has 0 saturated heterocycles. The molecule has 268 valence electrons. The van der Waals surface area contributed by atoms with E-state index in [2.05, 4.69) is 0 Å². The first-order valence-corrected chi connectivity index (χ1v) is 17.7. The topological polar surface area (TPSA) is 167 Å². The standard InChI is InChI=1S/2C22H19NO.H2O4S/c2*23-21-15-16-22(24)20(14-12-18-9-5-2-6-10-18)19(21)13-11-17-7-3-1-4-8-17;1-5(2,3)4/h2*1-16,24H,23H2;(H2,1,2,3,4). The molecule has 0 saturated carbocycles. The third-order valence-corrected chi connectivity index (χ3v) is 7.56. The van der Waals surface area contributed by atoms with E-state index in [1.165, 1.54) is 0 Å². The van der Waals surface area contributed by atoms with Gasteiger partial charge in [0.15, 0.2) is 0 Å². The van der Waals surface area contributed by atoms with Crippen LogP contribution in [0.4, 0.5) is 11.4 Å². The predicted octanol–water partition coefficient (Wildman–Crippen LogP) is 9.98. The summed E-state index contributed by atoms with van der Waals surface area (Å²) in [7, 11) is -4.67. The summed E-state index contributed by atoms with van der Waals surface area (Å²) in [5.74, 6) is 0.424. The second-order valence-electron chi connectivity index (χ2n) is 11.4. The summed E-state index contributed by atoms with van der Waals surface area (Å²) < 4.78 is 31.6. The lowest BCUT2D eigenvalue weighted by molar-refractivity contribution is 0.381. The number of anilines is 2. The van der Waals surface area contributed by atoms with E-state index >= 15 is 0 Å². The molecule has 0 aliphatic heterocycles. The van der Waals surface area contributed by atoms with Gasteiger partial charge < -0.3 is 21.7 Å². The largest absolute Gasteiger partial charge is 0.507 e. The van der Waals surface area contributed by atoms with Crippen molar-refractivity contribution >= 4 is 70.4 Å². The zero-order chi connectivity index (χ0) is 38.1. The highest BCUT2D eigenvalue weighted by Gasteiger charge is 2.08. The van der Waals surface area contributed by atoms with E-state index in [0.717, 1.165) is 33.4 Å². The van der Waals surface area contributed by atoms with Gasteiger partial charge in [-0.1, -0.05) is 158 Å². The fourth-order valence-corrected chi connectivity index (χ4v) is 4.98. The van der Waals surface area contributed by atoms with Crippen LogP contribution < -0.4 is 11.5 Å². The smallest absolute Gasteiger partial charge is 0.394 e. The maximum absolute atomic E-state index is 10.3. The molecule has 0 unspecified atom stereocenters. The van der Waals surface area contributed by atoms with Gasteiger partial charge in [0, 0.05) is 33.6 Å². The van der Waals surface area contributed by atoms with Gasteiger partial charge in [-0.2, -0.15) is 8.42 Å². The first kappa shape index (κ1) is 39.1. The zero-order valence-corrected chi connectivity index (χ0v) is 29.5. The molecule has 53 heavy (non-hydrogen) atoms. The molecule has 8 nitrogen and oxygen atoms in total. The number of nitrogen functional groups attached to an aromatic ring is 2. The van der Waals surface area contributed by atoms with Gasteiger partial charge in [0.05, 0.1) is 0 Å². The minimum absolute atomic E-state index is 0.212. The molecular formula is C44H40N2O6S. The lowest BCUT2D eigenvalue weighted by Crippen LogP contribution is -1.92. The average Bonchev–Trinajstić information content (AvgIpc) is 3.16. The fourth-order valence-electron chi connectivity index (χ4n) is 4.98. The molecule has 0 atom stereocenters. The van der Waals surface area contributed by atoms with Crippen molar-refractivity contribution in [1.29, 1.82) is 0 Å². The van der Waals surface area contributed by atoms with Crippen LogP contribution in [0.3, 0.4) is 0 Å². The van der Waals surface area contributed by atoms with E-state index in [1.54, 1.807) is 24.3 Å². The summed E-state index contributed by atoms with van der Waals surface area (Å²) in [6.07, 6.45) is 15.6. The molecular weight excluding hydrogens is 685 g/mol. The lowest BCUT2D eigenvalue weighted by atomic mass is 10.0. The minimum Gasteiger partial charge on any atom is -0.507 e. The van der Waals surface area contributed by atoms with E-state index in [-0.39, 0.29) is 11.5 Å². The number of aromatic hydroxyl groups is 2. The maximum Gasteiger partial charge on any atom is 0.394 e.